The predicted octanol–water partition coefficient (Wildman–Crippen LogP) is 1.76. The van der Waals surface area contributed by atoms with Crippen LogP contribution >= 0.6 is 0 Å². The van der Waals surface area contributed by atoms with Gasteiger partial charge in [-0.25, -0.2) is 0 Å². The van der Waals surface area contributed by atoms with Gasteiger partial charge in [0.05, 0.1) is 18.2 Å². The second-order valence-electron chi connectivity index (χ2n) is 6.81. The molecule has 0 aromatic rings. The first-order valence-electron chi connectivity index (χ1n) is 7.80. The molecule has 4 bridgehead atoms. The molecule has 1 N–H and O–H groups in total. The average molecular weight is 249 g/mol. The highest BCUT2D eigenvalue weighted by molar-refractivity contribution is 5.17. The molecule has 4 saturated heterocycles. The molecule has 4 heterocycles. The van der Waals surface area contributed by atoms with Gasteiger partial charge in [-0.3, -0.25) is 9.80 Å². The number of hydrogen-bond acceptors (Lipinski definition) is 3. The van der Waals surface area contributed by atoms with E-state index >= 15 is 0 Å². The zero-order chi connectivity index (χ0) is 12.3. The maximum Gasteiger partial charge on any atom is 0.0729 e. The molecular weight excluding hydrogens is 224 g/mol. The van der Waals surface area contributed by atoms with Crippen LogP contribution in [-0.4, -0.2) is 52.2 Å². The Labute approximate surface area is 110 Å². The number of piperidine rings is 2. The largest absolute Gasteiger partial charge is 0.391 e. The van der Waals surface area contributed by atoms with E-state index < -0.39 is 0 Å². The average Bonchev–Trinajstić information content (AvgIpc) is 2.74. The predicted molar refractivity (Wildman–Crippen MR) is 70.9 cm³/mol. The Kier molecular flexibility index (Phi) is 2.72. The van der Waals surface area contributed by atoms with Gasteiger partial charge in [-0.15, -0.1) is 0 Å². The van der Waals surface area contributed by atoms with E-state index in [9.17, 15) is 5.11 Å². The van der Waals surface area contributed by atoms with Crippen LogP contribution in [0.2, 0.25) is 0 Å². The Morgan fingerprint density at radius 3 is 2.44 bits per heavy atom. The van der Waals surface area contributed by atoms with E-state index in [2.05, 4.69) is 16.8 Å². The van der Waals surface area contributed by atoms with Crippen LogP contribution in [0.4, 0.5) is 0 Å². The van der Waals surface area contributed by atoms with Crippen molar-refractivity contribution in [3.8, 4) is 0 Å². The summed E-state index contributed by atoms with van der Waals surface area (Å²) in [6, 6.07) is 4.04. The minimum Gasteiger partial charge on any atom is -0.391 e. The van der Waals surface area contributed by atoms with E-state index in [0.29, 0.717) is 12.1 Å². The van der Waals surface area contributed by atoms with Crippen LogP contribution in [0, 0.1) is 6.04 Å². The molecule has 0 spiro atoms. The summed E-state index contributed by atoms with van der Waals surface area (Å²) in [4.78, 5) is 5.22. The Bertz CT molecular complexity index is 318. The van der Waals surface area contributed by atoms with Crippen molar-refractivity contribution in [2.45, 2.75) is 81.6 Å². The second kappa shape index (κ2) is 4.19. The molecule has 0 aromatic carbocycles. The van der Waals surface area contributed by atoms with Gasteiger partial charge in [0.1, 0.15) is 0 Å². The monoisotopic (exact) mass is 249 g/mol. The van der Waals surface area contributed by atoms with Gasteiger partial charge >= 0.3 is 0 Å². The van der Waals surface area contributed by atoms with Crippen LogP contribution in [0.1, 0.15) is 51.4 Å². The first-order chi connectivity index (χ1) is 8.75. The zero-order valence-electron chi connectivity index (χ0n) is 11.4. The van der Waals surface area contributed by atoms with Crippen LogP contribution in [0.3, 0.4) is 0 Å². The van der Waals surface area contributed by atoms with Gasteiger partial charge in [0.25, 0.3) is 0 Å². The molecule has 3 heteroatoms. The summed E-state index contributed by atoms with van der Waals surface area (Å²) in [6.45, 7) is 0. The van der Waals surface area contributed by atoms with Crippen molar-refractivity contribution in [2.24, 2.45) is 0 Å². The fourth-order valence-corrected chi connectivity index (χ4v) is 5.16. The Morgan fingerprint density at radius 1 is 1.00 bits per heavy atom. The summed E-state index contributed by atoms with van der Waals surface area (Å²) < 4.78 is 0. The van der Waals surface area contributed by atoms with Crippen molar-refractivity contribution >= 4 is 0 Å². The fourth-order valence-electron chi connectivity index (χ4n) is 5.16. The summed E-state index contributed by atoms with van der Waals surface area (Å²) >= 11 is 0. The Balaban J connectivity index is 1.63. The molecule has 0 aromatic heterocycles. The third kappa shape index (κ3) is 1.53. The first-order valence-corrected chi connectivity index (χ1v) is 7.80. The van der Waals surface area contributed by atoms with Crippen molar-refractivity contribution in [3.63, 3.8) is 0 Å². The van der Waals surface area contributed by atoms with Crippen LogP contribution in [0.25, 0.3) is 0 Å². The van der Waals surface area contributed by atoms with Crippen molar-refractivity contribution in [1.82, 2.24) is 9.80 Å². The molecule has 4 aliphatic rings. The highest BCUT2D eigenvalue weighted by Crippen LogP contribution is 2.47. The fraction of sp³-hybridized carbons (Fsp3) is 0.933. The maximum atomic E-state index is 10.6. The van der Waals surface area contributed by atoms with Crippen LogP contribution in [0.5, 0.6) is 0 Å². The van der Waals surface area contributed by atoms with Crippen LogP contribution < -0.4 is 0 Å². The number of likely N-dealkylation sites (N-methyl/N-ethyl adjacent to an activating group) is 1. The van der Waals surface area contributed by atoms with Gasteiger partial charge in [0.15, 0.2) is 0 Å². The lowest BCUT2D eigenvalue weighted by molar-refractivity contribution is -0.0378. The molecule has 101 valence electrons. The van der Waals surface area contributed by atoms with Crippen LogP contribution in [-0.2, 0) is 0 Å². The number of aliphatic hydroxyl groups excluding tert-OH is 1. The Hall–Kier alpha value is -0.120. The lowest BCUT2D eigenvalue weighted by Crippen LogP contribution is -2.60. The molecule has 3 nitrogen and oxygen atoms in total. The van der Waals surface area contributed by atoms with Crippen molar-refractivity contribution in [2.75, 3.05) is 7.05 Å². The molecule has 4 fully saturated rings. The molecular formula is C15H25N2O. The number of hydrogen-bond donors (Lipinski definition) is 1. The molecule has 5 atom stereocenters. The first kappa shape index (κ1) is 11.7. The van der Waals surface area contributed by atoms with E-state index in [4.69, 9.17) is 0 Å². The molecule has 4 rings (SSSR count). The Morgan fingerprint density at radius 2 is 1.72 bits per heavy atom. The molecule has 5 unspecified atom stereocenters. The summed E-state index contributed by atoms with van der Waals surface area (Å²) in [7, 11) is 2.25. The molecule has 18 heavy (non-hydrogen) atoms. The quantitative estimate of drug-likeness (QED) is 0.767. The van der Waals surface area contributed by atoms with Gasteiger partial charge in [-0.05, 0) is 52.0 Å². The topological polar surface area (TPSA) is 26.7 Å². The van der Waals surface area contributed by atoms with E-state index in [-0.39, 0.29) is 6.10 Å². The minimum absolute atomic E-state index is 0.107. The summed E-state index contributed by atoms with van der Waals surface area (Å²) in [5.41, 5.74) is 0. The second-order valence-corrected chi connectivity index (χ2v) is 6.81. The third-order valence-electron chi connectivity index (χ3n) is 6.03. The lowest BCUT2D eigenvalue weighted by Gasteiger charge is -2.49. The van der Waals surface area contributed by atoms with E-state index in [1.54, 1.807) is 0 Å². The summed E-state index contributed by atoms with van der Waals surface area (Å²) in [5.74, 6) is 0. The highest BCUT2D eigenvalue weighted by Gasteiger charge is 2.52. The van der Waals surface area contributed by atoms with Gasteiger partial charge in [-0.2, -0.15) is 0 Å². The van der Waals surface area contributed by atoms with Gasteiger partial charge in [0.2, 0.25) is 0 Å². The lowest BCUT2D eigenvalue weighted by atomic mass is 9.89. The molecule has 0 saturated carbocycles. The smallest absolute Gasteiger partial charge is 0.0729 e. The van der Waals surface area contributed by atoms with Gasteiger partial charge in [0, 0.05) is 18.1 Å². The molecule has 0 aliphatic carbocycles. The van der Waals surface area contributed by atoms with E-state index in [0.717, 1.165) is 18.5 Å². The van der Waals surface area contributed by atoms with Crippen molar-refractivity contribution < 1.29 is 5.11 Å². The highest BCUT2D eigenvalue weighted by atomic mass is 16.3. The van der Waals surface area contributed by atoms with Crippen molar-refractivity contribution in [3.05, 3.63) is 6.04 Å². The molecule has 1 radical (unpaired) electrons. The summed E-state index contributed by atoms with van der Waals surface area (Å²) in [5, 5.41) is 10.6. The normalized spacial score (nSPS) is 50.0. The molecule has 0 amide bonds. The number of nitrogens with zero attached hydrogens (tertiary/aromatic N) is 2. The maximum absolute atomic E-state index is 10.6. The van der Waals surface area contributed by atoms with Gasteiger partial charge in [-0.1, -0.05) is 6.42 Å². The summed E-state index contributed by atoms with van der Waals surface area (Å²) in [6.07, 6.45) is 10.2. The number of aliphatic hydroxyl groups is 1. The molecule has 4 aliphatic heterocycles. The van der Waals surface area contributed by atoms with Crippen molar-refractivity contribution in [1.29, 1.82) is 0 Å². The van der Waals surface area contributed by atoms with E-state index in [1.165, 1.54) is 51.0 Å². The third-order valence-corrected chi connectivity index (χ3v) is 6.03. The van der Waals surface area contributed by atoms with E-state index in [1.807, 2.05) is 0 Å². The van der Waals surface area contributed by atoms with Crippen LogP contribution in [0.15, 0.2) is 0 Å². The zero-order valence-corrected chi connectivity index (χ0v) is 11.4. The number of fused-ring (bicyclic) bond motifs is 4. The SMILES string of the molecule is CN1[C]2CCC1CC(O)C2N1C2CCCC1CC2. The number of rotatable bonds is 1. The standard InChI is InChI=1S/C15H25N2O/c1-16-12-7-8-13(16)15(14(18)9-12)17-10-3-2-4-11(17)6-5-10/h10-12,14-15,18H,2-9H2,1H3. The minimum atomic E-state index is -0.107. The van der Waals surface area contributed by atoms with Gasteiger partial charge < -0.3 is 5.11 Å².